The normalized spacial score (nSPS) is 15.2. The van der Waals surface area contributed by atoms with E-state index in [1.165, 1.54) is 23.1 Å². The number of anilines is 1. The minimum atomic E-state index is -3.92. The van der Waals surface area contributed by atoms with Crippen LogP contribution < -0.4 is 9.62 Å². The van der Waals surface area contributed by atoms with Crippen LogP contribution in [-0.2, 0) is 26.2 Å². The van der Waals surface area contributed by atoms with Gasteiger partial charge in [-0.25, -0.2) is 8.42 Å². The highest BCUT2D eigenvalue weighted by molar-refractivity contribution is 7.92. The smallest absolute Gasteiger partial charge is 0.244 e. The first-order valence-corrected chi connectivity index (χ1v) is 15.2. The maximum Gasteiger partial charge on any atom is 0.244 e. The molecule has 2 aromatic carbocycles. The van der Waals surface area contributed by atoms with E-state index < -0.39 is 28.5 Å². The van der Waals surface area contributed by atoms with Gasteiger partial charge in [0.2, 0.25) is 21.8 Å². The van der Waals surface area contributed by atoms with Crippen LogP contribution in [0.2, 0.25) is 20.1 Å². The Morgan fingerprint density at radius 2 is 1.65 bits per heavy atom. The van der Waals surface area contributed by atoms with Gasteiger partial charge in [-0.05, 0) is 55.7 Å². The zero-order valence-electron chi connectivity index (χ0n) is 20.5. The quantitative estimate of drug-likeness (QED) is 0.382. The molecule has 0 saturated heterocycles. The van der Waals surface area contributed by atoms with Gasteiger partial charge in [0.05, 0.1) is 27.0 Å². The van der Waals surface area contributed by atoms with Crippen molar-refractivity contribution >= 4 is 73.9 Å². The van der Waals surface area contributed by atoms with E-state index in [4.69, 9.17) is 46.4 Å². The Hall–Kier alpha value is -1.71. The fourth-order valence-corrected chi connectivity index (χ4v) is 6.01. The predicted octanol–water partition coefficient (Wildman–Crippen LogP) is 5.93. The SMILES string of the molecule is CC(C(=O)NC1CCCCC1)N(Cc1ccc(Cl)c(Cl)c1)C(=O)CN(c1ccc(Cl)cc1Cl)S(C)(=O)=O. The Bertz CT molecular complexity index is 1250. The molecule has 0 bridgehead atoms. The van der Waals surface area contributed by atoms with Crippen LogP contribution in [0.5, 0.6) is 0 Å². The third kappa shape index (κ3) is 8.14. The minimum Gasteiger partial charge on any atom is -0.352 e. The molecule has 202 valence electrons. The van der Waals surface area contributed by atoms with Crippen molar-refractivity contribution in [2.24, 2.45) is 0 Å². The maximum absolute atomic E-state index is 13.7. The zero-order valence-corrected chi connectivity index (χ0v) is 24.4. The first-order chi connectivity index (χ1) is 17.4. The third-order valence-electron chi connectivity index (χ3n) is 6.31. The molecule has 1 aliphatic carbocycles. The van der Waals surface area contributed by atoms with Crippen molar-refractivity contribution in [3.63, 3.8) is 0 Å². The molecular weight excluding hydrogens is 580 g/mol. The van der Waals surface area contributed by atoms with Crippen LogP contribution in [0.25, 0.3) is 0 Å². The van der Waals surface area contributed by atoms with E-state index in [0.29, 0.717) is 20.6 Å². The van der Waals surface area contributed by atoms with E-state index >= 15 is 0 Å². The first-order valence-electron chi connectivity index (χ1n) is 11.8. The highest BCUT2D eigenvalue weighted by Gasteiger charge is 2.32. The van der Waals surface area contributed by atoms with Crippen LogP contribution in [0.4, 0.5) is 5.69 Å². The molecule has 37 heavy (non-hydrogen) atoms. The number of sulfonamides is 1. The molecule has 0 spiro atoms. The third-order valence-corrected chi connectivity index (χ3v) is 8.72. The second kappa shape index (κ2) is 12.9. The molecule has 1 unspecified atom stereocenters. The number of rotatable bonds is 9. The molecule has 1 saturated carbocycles. The van der Waals surface area contributed by atoms with Gasteiger partial charge in [0.15, 0.2) is 0 Å². The van der Waals surface area contributed by atoms with Crippen molar-refractivity contribution in [3.8, 4) is 0 Å². The van der Waals surface area contributed by atoms with Crippen molar-refractivity contribution in [1.82, 2.24) is 10.2 Å². The molecule has 0 aliphatic heterocycles. The van der Waals surface area contributed by atoms with Gasteiger partial charge in [-0.3, -0.25) is 13.9 Å². The van der Waals surface area contributed by atoms with Gasteiger partial charge in [0, 0.05) is 17.6 Å². The molecule has 1 fully saturated rings. The largest absolute Gasteiger partial charge is 0.352 e. The number of carbonyl (C=O) groups is 2. The molecule has 1 atom stereocenters. The summed E-state index contributed by atoms with van der Waals surface area (Å²) in [7, 11) is -3.92. The molecule has 7 nitrogen and oxygen atoms in total. The van der Waals surface area contributed by atoms with Crippen molar-refractivity contribution in [2.75, 3.05) is 17.1 Å². The summed E-state index contributed by atoms with van der Waals surface area (Å²) in [5.41, 5.74) is 0.742. The molecular formula is C25H29Cl4N3O4S. The lowest BCUT2D eigenvalue weighted by Gasteiger charge is -2.33. The summed E-state index contributed by atoms with van der Waals surface area (Å²) < 4.78 is 26.3. The highest BCUT2D eigenvalue weighted by Crippen LogP contribution is 2.31. The minimum absolute atomic E-state index is 0.0148. The van der Waals surface area contributed by atoms with E-state index in [2.05, 4.69) is 5.32 Å². The van der Waals surface area contributed by atoms with Crippen LogP contribution in [0.15, 0.2) is 36.4 Å². The standard InChI is InChI=1S/C25H29Cl4N3O4S/c1-16(25(34)30-19-6-4-3-5-7-19)31(14-17-8-10-20(27)21(28)12-17)24(33)15-32(37(2,35)36)23-11-9-18(26)13-22(23)29/h8-13,16,19H,3-7,14-15H2,1-2H3,(H,30,34). The van der Waals surface area contributed by atoms with Gasteiger partial charge < -0.3 is 10.2 Å². The zero-order chi connectivity index (χ0) is 27.3. The van der Waals surface area contributed by atoms with Crippen molar-refractivity contribution in [3.05, 3.63) is 62.1 Å². The van der Waals surface area contributed by atoms with E-state index in [9.17, 15) is 18.0 Å². The maximum atomic E-state index is 13.7. The number of nitrogens with one attached hydrogen (secondary N) is 1. The number of halogens is 4. The molecule has 0 aromatic heterocycles. The molecule has 2 aromatic rings. The van der Waals surface area contributed by atoms with Gasteiger partial charge in [0.1, 0.15) is 12.6 Å². The highest BCUT2D eigenvalue weighted by atomic mass is 35.5. The number of amides is 2. The topological polar surface area (TPSA) is 86.8 Å². The van der Waals surface area contributed by atoms with Crippen molar-refractivity contribution in [1.29, 1.82) is 0 Å². The van der Waals surface area contributed by atoms with E-state index in [0.717, 1.165) is 42.7 Å². The van der Waals surface area contributed by atoms with Crippen LogP contribution in [-0.4, -0.2) is 50.0 Å². The van der Waals surface area contributed by atoms with Gasteiger partial charge >= 0.3 is 0 Å². The Kier molecular flexibility index (Phi) is 10.4. The summed E-state index contributed by atoms with van der Waals surface area (Å²) in [5.74, 6) is -0.899. The Morgan fingerprint density at radius 1 is 0.973 bits per heavy atom. The lowest BCUT2D eigenvalue weighted by molar-refractivity contribution is -0.139. The summed E-state index contributed by atoms with van der Waals surface area (Å²) in [6, 6.07) is 8.39. The molecule has 0 heterocycles. The molecule has 12 heteroatoms. The number of hydrogen-bond acceptors (Lipinski definition) is 4. The van der Waals surface area contributed by atoms with E-state index in [-0.39, 0.29) is 29.2 Å². The monoisotopic (exact) mass is 607 g/mol. The molecule has 2 amide bonds. The lowest BCUT2D eigenvalue weighted by Crippen LogP contribution is -2.53. The van der Waals surface area contributed by atoms with Crippen LogP contribution in [0.1, 0.15) is 44.6 Å². The molecule has 0 radical (unpaired) electrons. The molecule has 3 rings (SSSR count). The Labute approximate surface area is 238 Å². The van der Waals surface area contributed by atoms with E-state index in [1.54, 1.807) is 25.1 Å². The van der Waals surface area contributed by atoms with Crippen molar-refractivity contribution < 1.29 is 18.0 Å². The summed E-state index contributed by atoms with van der Waals surface area (Å²) in [6.45, 7) is 1.07. The summed E-state index contributed by atoms with van der Waals surface area (Å²) in [4.78, 5) is 28.2. The fourth-order valence-electron chi connectivity index (χ4n) is 4.26. The lowest BCUT2D eigenvalue weighted by atomic mass is 9.95. The molecule has 1 aliphatic rings. The average Bonchev–Trinajstić information content (AvgIpc) is 2.83. The van der Waals surface area contributed by atoms with Crippen LogP contribution in [0.3, 0.4) is 0 Å². The Morgan fingerprint density at radius 3 is 2.24 bits per heavy atom. The number of benzene rings is 2. The Balaban J connectivity index is 1.91. The van der Waals surface area contributed by atoms with Gasteiger partial charge in [-0.1, -0.05) is 71.7 Å². The summed E-state index contributed by atoms with van der Waals surface area (Å²) in [6.07, 6.45) is 5.96. The van der Waals surface area contributed by atoms with Crippen LogP contribution >= 0.6 is 46.4 Å². The summed E-state index contributed by atoms with van der Waals surface area (Å²) in [5, 5.41) is 4.10. The predicted molar refractivity (Wildman–Crippen MR) is 150 cm³/mol. The van der Waals surface area contributed by atoms with Gasteiger partial charge in [0.25, 0.3) is 0 Å². The van der Waals surface area contributed by atoms with Crippen LogP contribution in [0, 0.1) is 0 Å². The van der Waals surface area contributed by atoms with E-state index in [1.807, 2.05) is 0 Å². The molecule has 1 N–H and O–H groups in total. The second-order valence-corrected chi connectivity index (χ2v) is 12.7. The number of carbonyl (C=O) groups excluding carboxylic acids is 2. The summed E-state index contributed by atoms with van der Waals surface area (Å²) >= 11 is 24.5. The number of nitrogens with zero attached hydrogens (tertiary/aromatic N) is 2. The second-order valence-electron chi connectivity index (χ2n) is 9.15. The number of hydrogen-bond donors (Lipinski definition) is 1. The first kappa shape index (κ1) is 29.8. The van der Waals surface area contributed by atoms with Gasteiger partial charge in [-0.2, -0.15) is 0 Å². The van der Waals surface area contributed by atoms with Crippen molar-refractivity contribution in [2.45, 2.75) is 57.7 Å². The van der Waals surface area contributed by atoms with Gasteiger partial charge in [-0.15, -0.1) is 0 Å². The average molecular weight is 609 g/mol. The fraction of sp³-hybridized carbons (Fsp3) is 0.440.